The lowest BCUT2D eigenvalue weighted by atomic mass is 9.96. The van der Waals surface area contributed by atoms with Gasteiger partial charge in [-0.25, -0.2) is 0 Å². The largest absolute Gasteiger partial charge is 0.394 e. The zero-order chi connectivity index (χ0) is 74.6. The van der Waals surface area contributed by atoms with Crippen molar-refractivity contribution in [1.29, 1.82) is 0 Å². The third-order valence-corrected chi connectivity index (χ3v) is 19.2. The second-order valence-electron chi connectivity index (χ2n) is 28.1. The number of allylic oxidation sites excluding steroid dienone is 19. The molecule has 19 nitrogen and oxygen atoms in total. The van der Waals surface area contributed by atoms with Crippen molar-refractivity contribution in [3.8, 4) is 0 Å². The fraction of sp³-hybridized carbons (Fsp3) is 0.750. The molecule has 3 heterocycles. The molecule has 0 bridgehead atoms. The Morgan fingerprint density at radius 2 is 0.680 bits per heavy atom. The first kappa shape index (κ1) is 93.4. The smallest absolute Gasteiger partial charge is 0.220 e. The average Bonchev–Trinajstić information content (AvgIpc) is 0.781. The zero-order valence-electron chi connectivity index (χ0n) is 63.3. The molecule has 103 heavy (non-hydrogen) atoms. The van der Waals surface area contributed by atoms with Gasteiger partial charge in [0.05, 0.1) is 38.6 Å². The van der Waals surface area contributed by atoms with E-state index in [0.717, 1.165) is 103 Å². The summed E-state index contributed by atoms with van der Waals surface area (Å²) in [6.45, 7) is 1.61. The minimum Gasteiger partial charge on any atom is -0.394 e. The lowest BCUT2D eigenvalue weighted by Crippen LogP contribution is -2.66. The highest BCUT2D eigenvalue weighted by molar-refractivity contribution is 5.76. The molecule has 0 aromatic carbocycles. The number of carbonyl (C=O) groups excluding carboxylic acids is 1. The standard InChI is InChI=1S/C84H143NO18/c1-3-5-7-9-11-13-15-17-19-21-23-24-25-26-27-28-29-30-31-32-33-34-35-36-37-38-39-40-41-42-44-46-48-50-52-54-56-58-60-62-72(90)85-67(68(89)61-59-57-55-53-51-49-47-45-43-22-20-18-16-14-12-10-8-6-4-2)66-98-82-78(96)75(93)80(70(64-87)100-82)103-84-79(97)76(94)81(71(65-88)101-84)102-83-77(95)74(92)73(91)69(63-86)99-83/h5,7,11,13,17,19,23-24,26-27,29-30,32-33,35-36,51,53,59,61,67-71,73-84,86-89,91-97H,3-4,6,8-10,12,14-16,18,20-22,25,28,31,34,37-50,52,54-58,60,62-66H2,1-2H3,(H,85,90)/b7-5-,13-11-,19-17-,24-23-,27-26-,30-29-,33-32-,36-35-,53-51+,61-59+. The second-order valence-corrected chi connectivity index (χ2v) is 28.1. The van der Waals surface area contributed by atoms with Crippen molar-refractivity contribution < 1.29 is 89.4 Å². The maximum atomic E-state index is 13.5. The van der Waals surface area contributed by atoms with E-state index in [4.69, 9.17) is 28.4 Å². The summed E-state index contributed by atoms with van der Waals surface area (Å²) in [5.74, 6) is -0.289. The zero-order valence-corrected chi connectivity index (χ0v) is 63.3. The molecule has 3 aliphatic heterocycles. The SMILES string of the molecule is CC/C=C\C/C=C\C/C=C\C/C=C\C/C=C\C/C=C\C/C=C\C/C=C\CCCCCCCCCCCCCCCCC(=O)NC(COC1OC(CO)C(OC2OC(CO)C(OC3OC(CO)C(O)C(O)C3O)C(O)C2O)C(O)C1O)C(O)/C=C/CC/C=C/CCCCCCCCCCCCCCC. The van der Waals surface area contributed by atoms with Crippen LogP contribution in [0.2, 0.25) is 0 Å². The highest BCUT2D eigenvalue weighted by Crippen LogP contribution is 2.33. The molecule has 0 aromatic heterocycles. The highest BCUT2D eigenvalue weighted by atomic mass is 16.8. The molecule has 3 rings (SSSR count). The summed E-state index contributed by atoms with van der Waals surface area (Å²) in [6.07, 6.45) is 61.8. The Bertz CT molecular complexity index is 2330. The van der Waals surface area contributed by atoms with Gasteiger partial charge in [0.1, 0.15) is 73.2 Å². The van der Waals surface area contributed by atoms with Gasteiger partial charge < -0.3 is 89.9 Å². The van der Waals surface area contributed by atoms with Crippen molar-refractivity contribution in [3.05, 3.63) is 122 Å². The fourth-order valence-electron chi connectivity index (χ4n) is 12.8. The van der Waals surface area contributed by atoms with Crippen molar-refractivity contribution >= 4 is 5.91 Å². The van der Waals surface area contributed by atoms with E-state index < -0.39 is 124 Å². The van der Waals surface area contributed by atoms with Gasteiger partial charge in [-0.2, -0.15) is 0 Å². The van der Waals surface area contributed by atoms with E-state index in [0.29, 0.717) is 12.8 Å². The number of aliphatic hydroxyl groups is 11. The van der Waals surface area contributed by atoms with Gasteiger partial charge in [0.25, 0.3) is 0 Å². The third kappa shape index (κ3) is 43.1. The highest BCUT2D eigenvalue weighted by Gasteiger charge is 2.54. The maximum absolute atomic E-state index is 13.5. The molecular formula is C84H143NO18. The number of nitrogens with one attached hydrogen (secondary N) is 1. The number of hydrogen-bond donors (Lipinski definition) is 12. The Kier molecular flexibility index (Phi) is 57.3. The normalized spacial score (nSPS) is 26.7. The monoisotopic (exact) mass is 1450 g/mol. The van der Waals surface area contributed by atoms with Crippen LogP contribution in [0.15, 0.2) is 122 Å². The van der Waals surface area contributed by atoms with Crippen LogP contribution in [0.1, 0.15) is 271 Å². The minimum atomic E-state index is -1.99. The minimum absolute atomic E-state index is 0.229. The van der Waals surface area contributed by atoms with Crippen molar-refractivity contribution in [2.75, 3.05) is 26.4 Å². The Balaban J connectivity index is 1.34. The fourth-order valence-corrected chi connectivity index (χ4v) is 12.8. The molecule has 0 aromatic rings. The van der Waals surface area contributed by atoms with Crippen LogP contribution in [-0.2, 0) is 33.2 Å². The van der Waals surface area contributed by atoms with Gasteiger partial charge in [-0.05, 0) is 96.3 Å². The Hall–Kier alpha value is -3.81. The van der Waals surface area contributed by atoms with E-state index in [1.165, 1.54) is 135 Å². The second kappa shape index (κ2) is 63.2. The van der Waals surface area contributed by atoms with Crippen LogP contribution in [0.25, 0.3) is 0 Å². The third-order valence-electron chi connectivity index (χ3n) is 19.2. The maximum Gasteiger partial charge on any atom is 0.220 e. The van der Waals surface area contributed by atoms with Crippen molar-refractivity contribution in [1.82, 2.24) is 5.32 Å². The van der Waals surface area contributed by atoms with Crippen LogP contribution in [-0.4, -0.2) is 193 Å². The van der Waals surface area contributed by atoms with E-state index in [-0.39, 0.29) is 18.9 Å². The number of rotatable bonds is 62. The van der Waals surface area contributed by atoms with Crippen LogP contribution in [0.4, 0.5) is 0 Å². The lowest BCUT2D eigenvalue weighted by Gasteiger charge is -2.48. The molecular weight excluding hydrogens is 1310 g/mol. The van der Waals surface area contributed by atoms with E-state index in [2.05, 4.69) is 129 Å². The molecule has 12 N–H and O–H groups in total. The predicted octanol–water partition coefficient (Wildman–Crippen LogP) is 13.5. The summed E-state index contributed by atoms with van der Waals surface area (Å²) in [6, 6.07) is -0.998. The van der Waals surface area contributed by atoms with Gasteiger partial charge in [0.15, 0.2) is 18.9 Å². The first-order valence-corrected chi connectivity index (χ1v) is 40.3. The number of aliphatic hydroxyl groups excluding tert-OH is 11. The number of carbonyl (C=O) groups is 1. The number of ether oxygens (including phenoxy) is 6. The Labute approximate surface area is 620 Å². The van der Waals surface area contributed by atoms with E-state index in [1.807, 2.05) is 6.08 Å². The molecule has 592 valence electrons. The van der Waals surface area contributed by atoms with Gasteiger partial charge >= 0.3 is 0 Å². The summed E-state index contributed by atoms with van der Waals surface area (Å²) >= 11 is 0. The first-order chi connectivity index (χ1) is 50.3. The Morgan fingerprint density at radius 3 is 1.09 bits per heavy atom. The molecule has 17 atom stereocenters. The van der Waals surface area contributed by atoms with Gasteiger partial charge in [0, 0.05) is 6.42 Å². The molecule has 3 saturated heterocycles. The van der Waals surface area contributed by atoms with Crippen molar-refractivity contribution in [3.63, 3.8) is 0 Å². The summed E-state index contributed by atoms with van der Waals surface area (Å²) < 4.78 is 34.4. The van der Waals surface area contributed by atoms with Crippen LogP contribution in [0.5, 0.6) is 0 Å². The molecule has 19 heteroatoms. The molecule has 0 radical (unpaired) electrons. The number of unbranched alkanes of at least 4 members (excludes halogenated alkanes) is 28. The molecule has 0 saturated carbocycles. The number of amides is 1. The van der Waals surface area contributed by atoms with Gasteiger partial charge in [-0.1, -0.05) is 289 Å². The molecule has 0 aliphatic carbocycles. The molecule has 3 fully saturated rings. The van der Waals surface area contributed by atoms with E-state index >= 15 is 0 Å². The molecule has 1 amide bonds. The van der Waals surface area contributed by atoms with Crippen molar-refractivity contribution in [2.24, 2.45) is 0 Å². The van der Waals surface area contributed by atoms with Crippen LogP contribution in [0.3, 0.4) is 0 Å². The average molecular weight is 1460 g/mol. The predicted molar refractivity (Wildman–Crippen MR) is 410 cm³/mol. The van der Waals surface area contributed by atoms with Gasteiger partial charge in [0.2, 0.25) is 5.91 Å². The first-order valence-electron chi connectivity index (χ1n) is 40.3. The van der Waals surface area contributed by atoms with Gasteiger partial charge in [-0.3, -0.25) is 4.79 Å². The molecule has 3 aliphatic rings. The van der Waals surface area contributed by atoms with Crippen LogP contribution in [0, 0.1) is 0 Å². The van der Waals surface area contributed by atoms with Crippen LogP contribution < -0.4 is 5.32 Å². The summed E-state index contributed by atoms with van der Waals surface area (Å²) in [5.41, 5.74) is 0. The quantitative estimate of drug-likeness (QED) is 0.0199. The van der Waals surface area contributed by atoms with Crippen molar-refractivity contribution in [2.45, 2.75) is 375 Å². The lowest BCUT2D eigenvalue weighted by molar-refractivity contribution is -0.379. The summed E-state index contributed by atoms with van der Waals surface area (Å²) in [5, 5.41) is 121. The molecule has 17 unspecified atom stereocenters. The topological polar surface area (TPSA) is 307 Å². The van der Waals surface area contributed by atoms with E-state index in [1.54, 1.807) is 6.08 Å². The van der Waals surface area contributed by atoms with E-state index in [9.17, 15) is 61.0 Å². The number of hydrogen-bond acceptors (Lipinski definition) is 18. The summed E-state index contributed by atoms with van der Waals surface area (Å²) in [4.78, 5) is 13.5. The van der Waals surface area contributed by atoms with Crippen LogP contribution >= 0.6 is 0 Å². The Morgan fingerprint density at radius 1 is 0.359 bits per heavy atom. The molecule has 0 spiro atoms. The van der Waals surface area contributed by atoms with Gasteiger partial charge in [-0.15, -0.1) is 0 Å². The summed E-state index contributed by atoms with van der Waals surface area (Å²) in [7, 11) is 0.